The summed E-state index contributed by atoms with van der Waals surface area (Å²) >= 11 is 1.14. The van der Waals surface area contributed by atoms with Crippen molar-refractivity contribution in [2.45, 2.75) is 30.0 Å². The van der Waals surface area contributed by atoms with Gasteiger partial charge in [0, 0.05) is 13.1 Å². The van der Waals surface area contributed by atoms with E-state index in [1.165, 1.54) is 18.7 Å². The fourth-order valence-electron chi connectivity index (χ4n) is 2.27. The predicted octanol–water partition coefficient (Wildman–Crippen LogP) is 2.51. The number of rotatable bonds is 8. The van der Waals surface area contributed by atoms with Gasteiger partial charge in [0.25, 0.3) is 10.0 Å². The van der Waals surface area contributed by atoms with Crippen LogP contribution in [0.2, 0.25) is 0 Å². The first-order valence-electron chi connectivity index (χ1n) is 7.72. The van der Waals surface area contributed by atoms with Gasteiger partial charge >= 0.3 is 0 Å². The molecule has 0 aliphatic carbocycles. The lowest BCUT2D eigenvalue weighted by molar-refractivity contribution is -0.121. The highest BCUT2D eigenvalue weighted by molar-refractivity contribution is 7.91. The number of nitrogens with zero attached hydrogens (tertiary/aromatic N) is 1. The van der Waals surface area contributed by atoms with Crippen molar-refractivity contribution in [2.75, 3.05) is 13.6 Å². The van der Waals surface area contributed by atoms with E-state index in [4.69, 9.17) is 0 Å². The first-order valence-corrected chi connectivity index (χ1v) is 10.0. The van der Waals surface area contributed by atoms with E-state index in [2.05, 4.69) is 17.4 Å². The molecule has 0 bridgehead atoms. The molecule has 1 unspecified atom stereocenters. The van der Waals surface area contributed by atoms with E-state index in [0.717, 1.165) is 28.5 Å². The summed E-state index contributed by atoms with van der Waals surface area (Å²) in [4.78, 5) is 12.1. The zero-order valence-corrected chi connectivity index (χ0v) is 15.4. The van der Waals surface area contributed by atoms with Crippen molar-refractivity contribution in [3.63, 3.8) is 0 Å². The molecule has 24 heavy (non-hydrogen) atoms. The molecule has 0 saturated carbocycles. The number of benzene rings is 1. The fourth-order valence-corrected chi connectivity index (χ4v) is 4.60. The molecule has 1 N–H and O–H groups in total. The highest BCUT2D eigenvalue weighted by Gasteiger charge is 2.24. The van der Waals surface area contributed by atoms with E-state index in [-0.39, 0.29) is 22.7 Å². The monoisotopic (exact) mass is 366 g/mol. The number of hydrogen-bond acceptors (Lipinski definition) is 4. The van der Waals surface area contributed by atoms with Gasteiger partial charge in [-0.25, -0.2) is 8.42 Å². The molecule has 0 aliphatic heterocycles. The first-order chi connectivity index (χ1) is 11.4. The van der Waals surface area contributed by atoms with Crippen molar-refractivity contribution < 1.29 is 13.2 Å². The van der Waals surface area contributed by atoms with Crippen molar-refractivity contribution in [2.24, 2.45) is 0 Å². The van der Waals surface area contributed by atoms with E-state index < -0.39 is 10.0 Å². The molecule has 0 spiro atoms. The van der Waals surface area contributed by atoms with Crippen LogP contribution in [-0.2, 0) is 21.2 Å². The lowest BCUT2D eigenvalue weighted by Crippen LogP contribution is -2.41. The zero-order chi connectivity index (χ0) is 17.6. The maximum atomic E-state index is 12.3. The quantitative estimate of drug-likeness (QED) is 0.781. The third-order valence-electron chi connectivity index (χ3n) is 3.64. The minimum atomic E-state index is -3.59. The van der Waals surface area contributed by atoms with Gasteiger partial charge in [-0.05, 0) is 36.8 Å². The van der Waals surface area contributed by atoms with Crippen molar-refractivity contribution >= 4 is 27.3 Å². The van der Waals surface area contributed by atoms with Crippen LogP contribution in [0.4, 0.5) is 0 Å². The van der Waals surface area contributed by atoms with Gasteiger partial charge in [0.05, 0.1) is 6.54 Å². The van der Waals surface area contributed by atoms with Gasteiger partial charge < -0.3 is 5.32 Å². The number of carbonyl (C=O) groups is 1. The Morgan fingerprint density at radius 3 is 2.54 bits per heavy atom. The SMILES string of the molecule is CC(CCc1ccccc1)NC(=O)CN(C)S(=O)(=O)c1cccs1. The van der Waals surface area contributed by atoms with Crippen LogP contribution in [-0.4, -0.2) is 38.3 Å². The van der Waals surface area contributed by atoms with E-state index >= 15 is 0 Å². The van der Waals surface area contributed by atoms with Crippen LogP contribution >= 0.6 is 11.3 Å². The smallest absolute Gasteiger partial charge is 0.252 e. The topological polar surface area (TPSA) is 66.5 Å². The predicted molar refractivity (Wildman–Crippen MR) is 96.5 cm³/mol. The summed E-state index contributed by atoms with van der Waals surface area (Å²) in [5, 5.41) is 4.56. The van der Waals surface area contributed by atoms with E-state index in [1.807, 2.05) is 25.1 Å². The summed E-state index contributed by atoms with van der Waals surface area (Å²) in [6.45, 7) is 1.74. The second kappa shape index (κ2) is 8.41. The van der Waals surface area contributed by atoms with Crippen LogP contribution in [0.15, 0.2) is 52.1 Å². The van der Waals surface area contributed by atoms with Crippen LogP contribution in [0.1, 0.15) is 18.9 Å². The van der Waals surface area contributed by atoms with Gasteiger partial charge in [0.2, 0.25) is 5.91 Å². The van der Waals surface area contributed by atoms with Gasteiger partial charge in [-0.2, -0.15) is 4.31 Å². The second-order valence-corrected chi connectivity index (χ2v) is 8.91. The summed E-state index contributed by atoms with van der Waals surface area (Å²) in [6.07, 6.45) is 1.67. The largest absolute Gasteiger partial charge is 0.352 e. The fraction of sp³-hybridized carbons (Fsp3) is 0.353. The molecule has 1 aromatic heterocycles. The molecular formula is C17H22N2O3S2. The number of hydrogen-bond donors (Lipinski definition) is 1. The molecule has 2 aromatic rings. The molecule has 5 nitrogen and oxygen atoms in total. The molecule has 7 heteroatoms. The summed E-state index contributed by atoms with van der Waals surface area (Å²) in [6, 6.07) is 13.3. The second-order valence-electron chi connectivity index (χ2n) is 5.69. The summed E-state index contributed by atoms with van der Waals surface area (Å²) in [5.74, 6) is -0.293. The van der Waals surface area contributed by atoms with Gasteiger partial charge in [-0.3, -0.25) is 4.79 Å². The van der Waals surface area contributed by atoms with Crippen LogP contribution in [0.5, 0.6) is 0 Å². The number of thiophene rings is 1. The molecule has 0 radical (unpaired) electrons. The van der Waals surface area contributed by atoms with Crippen molar-refractivity contribution in [3.8, 4) is 0 Å². The van der Waals surface area contributed by atoms with Crippen molar-refractivity contribution in [1.82, 2.24) is 9.62 Å². The molecule has 1 atom stereocenters. The normalized spacial score (nSPS) is 13.0. The summed E-state index contributed by atoms with van der Waals surface area (Å²) < 4.78 is 25.9. The van der Waals surface area contributed by atoms with Gasteiger partial charge in [0.1, 0.15) is 4.21 Å². The Kier molecular flexibility index (Phi) is 6.53. The Hall–Kier alpha value is -1.70. The highest BCUT2D eigenvalue weighted by atomic mass is 32.2. The average molecular weight is 367 g/mol. The van der Waals surface area contributed by atoms with Crippen LogP contribution in [0, 0.1) is 0 Å². The maximum absolute atomic E-state index is 12.3. The summed E-state index contributed by atoms with van der Waals surface area (Å²) in [7, 11) is -2.17. The van der Waals surface area contributed by atoms with Crippen LogP contribution < -0.4 is 5.32 Å². The molecule has 130 valence electrons. The molecule has 0 fully saturated rings. The van der Waals surface area contributed by atoms with E-state index in [9.17, 15) is 13.2 Å². The van der Waals surface area contributed by atoms with Crippen molar-refractivity contribution in [3.05, 3.63) is 53.4 Å². The first kappa shape index (κ1) is 18.6. The van der Waals surface area contributed by atoms with Gasteiger partial charge in [-0.1, -0.05) is 36.4 Å². The third-order valence-corrected chi connectivity index (χ3v) is 6.82. The third kappa shape index (κ3) is 5.15. The minimum absolute atomic E-state index is 0.0180. The number of nitrogens with one attached hydrogen (secondary N) is 1. The Morgan fingerprint density at radius 2 is 1.92 bits per heavy atom. The molecule has 1 heterocycles. The van der Waals surface area contributed by atoms with Crippen LogP contribution in [0.3, 0.4) is 0 Å². The van der Waals surface area contributed by atoms with E-state index in [1.54, 1.807) is 11.4 Å². The highest BCUT2D eigenvalue weighted by Crippen LogP contribution is 2.19. The average Bonchev–Trinajstić information content (AvgIpc) is 3.09. The zero-order valence-electron chi connectivity index (χ0n) is 13.8. The molecule has 2 rings (SSSR count). The number of amides is 1. The number of sulfonamides is 1. The van der Waals surface area contributed by atoms with E-state index in [0.29, 0.717) is 0 Å². The standard InChI is InChI=1S/C17H22N2O3S2/c1-14(10-11-15-7-4-3-5-8-15)18-16(20)13-19(2)24(21,22)17-9-6-12-23-17/h3-9,12,14H,10-11,13H2,1-2H3,(H,18,20). The maximum Gasteiger partial charge on any atom is 0.252 e. The number of carbonyl (C=O) groups excluding carboxylic acids is 1. The Bertz CT molecular complexity index is 743. The molecule has 1 amide bonds. The number of aryl methyl sites for hydroxylation is 1. The number of likely N-dealkylation sites (N-methyl/N-ethyl adjacent to an activating group) is 1. The Labute approximate surface area is 147 Å². The minimum Gasteiger partial charge on any atom is -0.352 e. The molecule has 0 aliphatic rings. The lowest BCUT2D eigenvalue weighted by atomic mass is 10.1. The molecular weight excluding hydrogens is 344 g/mol. The Morgan fingerprint density at radius 1 is 1.21 bits per heavy atom. The van der Waals surface area contributed by atoms with Crippen LogP contribution in [0.25, 0.3) is 0 Å². The molecule has 1 aromatic carbocycles. The summed E-state index contributed by atoms with van der Waals surface area (Å²) in [5.41, 5.74) is 1.22. The van der Waals surface area contributed by atoms with Crippen molar-refractivity contribution in [1.29, 1.82) is 0 Å². The van der Waals surface area contributed by atoms with Gasteiger partial charge in [-0.15, -0.1) is 11.3 Å². The van der Waals surface area contributed by atoms with Gasteiger partial charge in [0.15, 0.2) is 0 Å². The lowest BCUT2D eigenvalue weighted by Gasteiger charge is -2.18. The molecule has 0 saturated heterocycles. The Balaban J connectivity index is 1.82.